The van der Waals surface area contributed by atoms with Gasteiger partial charge in [0.25, 0.3) is 5.91 Å². The third-order valence-electron chi connectivity index (χ3n) is 3.83. The molecule has 0 radical (unpaired) electrons. The summed E-state index contributed by atoms with van der Waals surface area (Å²) < 4.78 is 0. The van der Waals surface area contributed by atoms with Crippen LogP contribution in [0.1, 0.15) is 50.3 Å². The van der Waals surface area contributed by atoms with E-state index in [1.165, 1.54) is 18.2 Å². The Balaban J connectivity index is 1.91. The molecule has 1 atom stereocenters. The molecular weight excluding hydrogens is 336 g/mol. The number of rotatable bonds is 3. The number of halogens is 1. The van der Waals surface area contributed by atoms with E-state index in [2.05, 4.69) is 4.98 Å². The number of carboxylic acids is 1. The summed E-state index contributed by atoms with van der Waals surface area (Å²) in [6.07, 6.45) is 1.77. The lowest BCUT2D eigenvalue weighted by atomic mass is 10.1. The smallest absolute Gasteiger partial charge is 0.335 e. The highest BCUT2D eigenvalue weighted by Crippen LogP contribution is 2.35. The number of amides is 1. The molecule has 0 unspecified atom stereocenters. The zero-order chi connectivity index (χ0) is 16.6. The Kier molecular flexibility index (Phi) is 4.37. The van der Waals surface area contributed by atoms with Gasteiger partial charge in [0.1, 0.15) is 5.01 Å². The van der Waals surface area contributed by atoms with Crippen molar-refractivity contribution in [1.82, 2.24) is 9.88 Å². The number of aromatic carboxylic acids is 1. The number of benzene rings is 1. The predicted molar refractivity (Wildman–Crippen MR) is 88.3 cm³/mol. The third-order valence-corrected chi connectivity index (χ3v) is 5.11. The first kappa shape index (κ1) is 16.0. The van der Waals surface area contributed by atoms with Gasteiger partial charge in [-0.25, -0.2) is 9.78 Å². The molecule has 2 heterocycles. The van der Waals surface area contributed by atoms with Crippen LogP contribution in [0.3, 0.4) is 0 Å². The van der Waals surface area contributed by atoms with Crippen LogP contribution in [-0.2, 0) is 0 Å². The monoisotopic (exact) mass is 350 g/mol. The van der Waals surface area contributed by atoms with E-state index in [1.54, 1.807) is 16.2 Å². The van der Waals surface area contributed by atoms with Crippen molar-refractivity contribution < 1.29 is 14.7 Å². The van der Waals surface area contributed by atoms with Crippen molar-refractivity contribution in [2.24, 2.45) is 0 Å². The predicted octanol–water partition coefficient (Wildman–Crippen LogP) is 3.78. The normalized spacial score (nSPS) is 17.5. The fourth-order valence-corrected chi connectivity index (χ4v) is 3.97. The lowest BCUT2D eigenvalue weighted by molar-refractivity contribution is 0.0697. The van der Waals surface area contributed by atoms with Crippen LogP contribution >= 0.6 is 22.9 Å². The zero-order valence-corrected chi connectivity index (χ0v) is 14.0. The van der Waals surface area contributed by atoms with Crippen molar-refractivity contribution in [3.05, 3.63) is 50.4 Å². The number of nitrogens with zero attached hydrogens (tertiary/aromatic N) is 2. The van der Waals surface area contributed by atoms with Gasteiger partial charge in [-0.1, -0.05) is 11.6 Å². The van der Waals surface area contributed by atoms with Gasteiger partial charge in [0.2, 0.25) is 0 Å². The first-order valence-corrected chi connectivity index (χ1v) is 8.48. The Morgan fingerprint density at radius 3 is 2.74 bits per heavy atom. The van der Waals surface area contributed by atoms with Crippen LogP contribution in [-0.4, -0.2) is 33.4 Å². The topological polar surface area (TPSA) is 70.5 Å². The van der Waals surface area contributed by atoms with Crippen molar-refractivity contribution in [1.29, 1.82) is 0 Å². The molecule has 1 aliphatic heterocycles. The molecule has 1 N–H and O–H groups in total. The summed E-state index contributed by atoms with van der Waals surface area (Å²) in [5, 5.41) is 12.3. The van der Waals surface area contributed by atoms with Crippen LogP contribution in [0.2, 0.25) is 5.02 Å². The van der Waals surface area contributed by atoms with Gasteiger partial charge in [0, 0.05) is 28.2 Å². The highest BCUT2D eigenvalue weighted by Gasteiger charge is 2.32. The molecule has 5 nitrogen and oxygen atoms in total. The average molecular weight is 351 g/mol. The maximum absolute atomic E-state index is 12.8. The number of carbonyl (C=O) groups excluding carboxylic acids is 1. The summed E-state index contributed by atoms with van der Waals surface area (Å²) >= 11 is 7.51. The number of carboxylic acid groups (broad SMARTS) is 1. The first-order valence-electron chi connectivity index (χ1n) is 7.22. The minimum atomic E-state index is -1.10. The quantitative estimate of drug-likeness (QED) is 0.914. The number of aromatic nitrogens is 1. The Hall–Kier alpha value is -1.92. The molecule has 7 heteroatoms. The van der Waals surface area contributed by atoms with E-state index in [0.29, 0.717) is 12.1 Å². The third kappa shape index (κ3) is 3.23. The molecule has 1 aliphatic rings. The molecule has 1 amide bonds. The number of hydrogen-bond acceptors (Lipinski definition) is 4. The number of thiazole rings is 1. The van der Waals surface area contributed by atoms with Gasteiger partial charge in [0.15, 0.2) is 0 Å². The van der Waals surface area contributed by atoms with Gasteiger partial charge >= 0.3 is 5.97 Å². The number of likely N-dealkylation sites (tertiary alicyclic amines) is 1. The van der Waals surface area contributed by atoms with E-state index in [4.69, 9.17) is 16.7 Å². The lowest BCUT2D eigenvalue weighted by Crippen LogP contribution is -2.30. The average Bonchev–Trinajstić information content (AvgIpc) is 3.14. The Labute approximate surface area is 142 Å². The van der Waals surface area contributed by atoms with Gasteiger partial charge in [-0.2, -0.15) is 0 Å². The van der Waals surface area contributed by atoms with E-state index >= 15 is 0 Å². The number of carbonyl (C=O) groups is 2. The fourth-order valence-electron chi connectivity index (χ4n) is 2.79. The summed E-state index contributed by atoms with van der Waals surface area (Å²) in [5.41, 5.74) is 1.26. The molecule has 1 fully saturated rings. The van der Waals surface area contributed by atoms with Crippen LogP contribution in [0.5, 0.6) is 0 Å². The van der Waals surface area contributed by atoms with Crippen LogP contribution in [0, 0.1) is 6.92 Å². The highest BCUT2D eigenvalue weighted by atomic mass is 35.5. The summed E-state index contributed by atoms with van der Waals surface area (Å²) in [5.74, 6) is -1.31. The largest absolute Gasteiger partial charge is 0.478 e. The summed E-state index contributed by atoms with van der Waals surface area (Å²) in [7, 11) is 0. The number of hydrogen-bond donors (Lipinski definition) is 1. The molecule has 0 bridgehead atoms. The second-order valence-corrected chi connectivity index (χ2v) is 6.84. The van der Waals surface area contributed by atoms with Gasteiger partial charge in [-0.05, 0) is 38.0 Å². The van der Waals surface area contributed by atoms with Crippen LogP contribution in [0.15, 0.2) is 23.6 Å². The second kappa shape index (κ2) is 6.29. The molecule has 23 heavy (non-hydrogen) atoms. The van der Waals surface area contributed by atoms with Gasteiger partial charge in [-0.15, -0.1) is 11.3 Å². The fraction of sp³-hybridized carbons (Fsp3) is 0.312. The minimum absolute atomic E-state index is 0.0155. The summed E-state index contributed by atoms with van der Waals surface area (Å²) in [6, 6.07) is 4.18. The highest BCUT2D eigenvalue weighted by molar-refractivity contribution is 7.09. The van der Waals surface area contributed by atoms with E-state index in [9.17, 15) is 9.59 Å². The molecule has 2 aromatic rings. The number of aryl methyl sites for hydroxylation is 1. The van der Waals surface area contributed by atoms with Gasteiger partial charge in [-0.3, -0.25) is 4.79 Å². The van der Waals surface area contributed by atoms with Gasteiger partial charge in [0.05, 0.1) is 11.6 Å². The van der Waals surface area contributed by atoms with Crippen molar-refractivity contribution >= 4 is 34.8 Å². The van der Waals surface area contributed by atoms with Crippen molar-refractivity contribution in [3.8, 4) is 0 Å². The van der Waals surface area contributed by atoms with Crippen LogP contribution in [0.4, 0.5) is 0 Å². The second-order valence-electron chi connectivity index (χ2n) is 5.52. The van der Waals surface area contributed by atoms with Crippen molar-refractivity contribution in [2.75, 3.05) is 6.54 Å². The van der Waals surface area contributed by atoms with E-state index in [1.807, 2.05) is 12.3 Å². The molecule has 1 aromatic heterocycles. The molecular formula is C16H15ClN2O3S. The van der Waals surface area contributed by atoms with E-state index in [-0.39, 0.29) is 22.5 Å². The van der Waals surface area contributed by atoms with E-state index < -0.39 is 5.97 Å². The molecule has 0 aliphatic carbocycles. The summed E-state index contributed by atoms with van der Waals surface area (Å²) in [4.78, 5) is 30.2. The van der Waals surface area contributed by atoms with Crippen molar-refractivity contribution in [3.63, 3.8) is 0 Å². The molecule has 120 valence electrons. The van der Waals surface area contributed by atoms with E-state index in [0.717, 1.165) is 23.5 Å². The SMILES string of the molecule is Cc1csc([C@H]2CCCN2C(=O)c2cc(Cl)cc(C(=O)O)c2)n1. The molecule has 0 spiro atoms. The zero-order valence-electron chi connectivity index (χ0n) is 12.5. The Morgan fingerprint density at radius 2 is 2.09 bits per heavy atom. The van der Waals surface area contributed by atoms with Crippen molar-refractivity contribution in [2.45, 2.75) is 25.8 Å². The maximum atomic E-state index is 12.8. The molecule has 1 aromatic carbocycles. The van der Waals surface area contributed by atoms with Gasteiger partial charge < -0.3 is 10.0 Å². The minimum Gasteiger partial charge on any atom is -0.478 e. The Bertz CT molecular complexity index is 774. The standard InChI is InChI=1S/C16H15ClN2O3S/c1-9-8-23-14(18-9)13-3-2-4-19(13)15(20)10-5-11(16(21)22)7-12(17)6-10/h5-8,13H,2-4H2,1H3,(H,21,22)/t13-/m1/s1. The Morgan fingerprint density at radius 1 is 1.35 bits per heavy atom. The maximum Gasteiger partial charge on any atom is 0.335 e. The van der Waals surface area contributed by atoms with Crippen LogP contribution < -0.4 is 0 Å². The molecule has 0 saturated carbocycles. The molecule has 1 saturated heterocycles. The van der Waals surface area contributed by atoms with Crippen LogP contribution in [0.25, 0.3) is 0 Å². The lowest BCUT2D eigenvalue weighted by Gasteiger charge is -2.23. The molecule has 3 rings (SSSR count). The first-order chi connectivity index (χ1) is 11.0. The summed E-state index contributed by atoms with van der Waals surface area (Å²) in [6.45, 7) is 2.56.